The Labute approximate surface area is 70.7 Å². The zero-order chi connectivity index (χ0) is 9.72. The first-order chi connectivity index (χ1) is 5.63. The fourth-order valence-electron chi connectivity index (χ4n) is 0.642. The molecule has 0 bridgehead atoms. The number of hydrogen-bond acceptors (Lipinski definition) is 1. The van der Waals surface area contributed by atoms with Gasteiger partial charge in [-0.25, -0.2) is 8.78 Å². The second-order valence-corrected chi connectivity index (χ2v) is 2.03. The fraction of sp³-hybridized carbons (Fsp3) is 0.333. The molecule has 0 amide bonds. The van der Waals surface area contributed by atoms with E-state index in [-0.39, 0.29) is 5.56 Å². The lowest BCUT2D eigenvalue weighted by Crippen LogP contribution is -1.85. The molecule has 0 fully saturated rings. The van der Waals surface area contributed by atoms with Crippen LogP contribution in [0.5, 0.6) is 5.75 Å². The first-order valence-corrected chi connectivity index (χ1v) is 3.76. The maximum atomic E-state index is 12.5. The van der Waals surface area contributed by atoms with Crippen LogP contribution in [0.25, 0.3) is 0 Å². The van der Waals surface area contributed by atoms with Crippen molar-refractivity contribution in [3.05, 3.63) is 29.3 Å². The highest BCUT2D eigenvalue weighted by atomic mass is 19.1. The van der Waals surface area contributed by atoms with Gasteiger partial charge in [0.1, 0.15) is 0 Å². The SMILES string of the molecule is CC.Cc1ccc(F)c(O)c1F. The highest BCUT2D eigenvalue weighted by Gasteiger charge is 2.07. The summed E-state index contributed by atoms with van der Waals surface area (Å²) < 4.78 is 24.8. The van der Waals surface area contributed by atoms with Crippen molar-refractivity contribution in [3.63, 3.8) is 0 Å². The fourth-order valence-corrected chi connectivity index (χ4v) is 0.642. The molecule has 0 unspecified atom stereocenters. The molecule has 68 valence electrons. The number of phenols is 1. The van der Waals surface area contributed by atoms with Crippen molar-refractivity contribution in [2.45, 2.75) is 20.8 Å². The predicted molar refractivity (Wildman–Crippen MR) is 44.1 cm³/mol. The van der Waals surface area contributed by atoms with Crippen molar-refractivity contribution >= 4 is 0 Å². The molecule has 1 aromatic rings. The minimum absolute atomic E-state index is 0.235. The van der Waals surface area contributed by atoms with Crippen LogP contribution in [-0.2, 0) is 0 Å². The van der Waals surface area contributed by atoms with E-state index in [9.17, 15) is 8.78 Å². The third-order valence-corrected chi connectivity index (χ3v) is 1.26. The number of halogens is 2. The quantitative estimate of drug-likeness (QED) is 0.641. The van der Waals surface area contributed by atoms with Gasteiger partial charge in [0.15, 0.2) is 17.4 Å². The zero-order valence-electron chi connectivity index (χ0n) is 7.36. The first-order valence-electron chi connectivity index (χ1n) is 3.76. The van der Waals surface area contributed by atoms with Crippen molar-refractivity contribution in [3.8, 4) is 5.75 Å². The van der Waals surface area contributed by atoms with Crippen molar-refractivity contribution in [1.29, 1.82) is 0 Å². The second kappa shape index (κ2) is 4.70. The maximum absolute atomic E-state index is 12.5. The molecular formula is C9H12F2O. The number of aryl methyl sites for hydroxylation is 1. The molecule has 0 aliphatic carbocycles. The van der Waals surface area contributed by atoms with Gasteiger partial charge in [-0.05, 0) is 18.6 Å². The molecule has 0 spiro atoms. The van der Waals surface area contributed by atoms with E-state index in [2.05, 4.69) is 0 Å². The summed E-state index contributed by atoms with van der Waals surface area (Å²) in [5, 5.41) is 8.64. The standard InChI is InChI=1S/C7H6F2O.C2H6/c1-4-2-3-5(8)7(10)6(4)9;1-2/h2-3,10H,1H3;1-2H3. The van der Waals surface area contributed by atoms with Crippen molar-refractivity contribution in [2.75, 3.05) is 0 Å². The normalized spacial score (nSPS) is 8.75. The highest BCUT2D eigenvalue weighted by molar-refractivity contribution is 5.30. The molecule has 0 radical (unpaired) electrons. The number of benzene rings is 1. The molecular weight excluding hydrogens is 162 g/mol. The smallest absolute Gasteiger partial charge is 0.188 e. The molecule has 0 aliphatic heterocycles. The molecule has 12 heavy (non-hydrogen) atoms. The van der Waals surface area contributed by atoms with Gasteiger partial charge in [-0.3, -0.25) is 0 Å². The summed E-state index contributed by atoms with van der Waals surface area (Å²) in [6.45, 7) is 5.45. The summed E-state index contributed by atoms with van der Waals surface area (Å²) in [6.07, 6.45) is 0. The second-order valence-electron chi connectivity index (χ2n) is 2.03. The van der Waals surface area contributed by atoms with E-state index < -0.39 is 17.4 Å². The van der Waals surface area contributed by atoms with Crippen LogP contribution in [0.15, 0.2) is 12.1 Å². The molecule has 0 saturated carbocycles. The number of rotatable bonds is 0. The Balaban J connectivity index is 0.000000561. The monoisotopic (exact) mass is 174 g/mol. The van der Waals surface area contributed by atoms with E-state index in [0.717, 1.165) is 6.07 Å². The third-order valence-electron chi connectivity index (χ3n) is 1.26. The Hall–Kier alpha value is -1.12. The largest absolute Gasteiger partial charge is 0.503 e. The molecule has 0 atom stereocenters. The van der Waals surface area contributed by atoms with Gasteiger partial charge in [0.25, 0.3) is 0 Å². The van der Waals surface area contributed by atoms with E-state index in [4.69, 9.17) is 5.11 Å². The van der Waals surface area contributed by atoms with Crippen LogP contribution in [0.4, 0.5) is 8.78 Å². The van der Waals surface area contributed by atoms with Crippen LogP contribution >= 0.6 is 0 Å². The van der Waals surface area contributed by atoms with Crippen LogP contribution in [-0.4, -0.2) is 5.11 Å². The molecule has 0 saturated heterocycles. The lowest BCUT2D eigenvalue weighted by molar-refractivity contribution is 0.394. The number of hydrogen-bond donors (Lipinski definition) is 1. The Kier molecular flexibility index (Phi) is 4.26. The van der Waals surface area contributed by atoms with Gasteiger partial charge in [-0.2, -0.15) is 0 Å². The summed E-state index contributed by atoms with van der Waals surface area (Å²) in [5.74, 6) is -2.72. The van der Waals surface area contributed by atoms with E-state index in [1.165, 1.54) is 13.0 Å². The Bertz CT molecular complexity index is 232. The summed E-state index contributed by atoms with van der Waals surface area (Å²) in [4.78, 5) is 0. The average Bonchev–Trinajstić information content (AvgIpc) is 2.12. The summed E-state index contributed by atoms with van der Waals surface area (Å²) in [5.41, 5.74) is 0.235. The van der Waals surface area contributed by atoms with E-state index >= 15 is 0 Å². The van der Waals surface area contributed by atoms with Crippen molar-refractivity contribution < 1.29 is 13.9 Å². The van der Waals surface area contributed by atoms with E-state index in [0.29, 0.717) is 0 Å². The van der Waals surface area contributed by atoms with E-state index in [1.807, 2.05) is 13.8 Å². The van der Waals surface area contributed by atoms with Gasteiger partial charge in [0.05, 0.1) is 0 Å². The number of aromatic hydroxyl groups is 1. The van der Waals surface area contributed by atoms with Crippen LogP contribution in [0.2, 0.25) is 0 Å². The lowest BCUT2D eigenvalue weighted by atomic mass is 10.2. The summed E-state index contributed by atoms with van der Waals surface area (Å²) in [7, 11) is 0. The van der Waals surface area contributed by atoms with Crippen LogP contribution < -0.4 is 0 Å². The Morgan fingerprint density at radius 1 is 1.17 bits per heavy atom. The minimum atomic E-state index is -0.928. The molecule has 3 heteroatoms. The molecule has 1 aromatic carbocycles. The minimum Gasteiger partial charge on any atom is -0.503 e. The summed E-state index contributed by atoms with van der Waals surface area (Å²) in [6, 6.07) is 2.29. The zero-order valence-corrected chi connectivity index (χ0v) is 7.36. The van der Waals surface area contributed by atoms with Gasteiger partial charge in [0, 0.05) is 0 Å². The van der Waals surface area contributed by atoms with Gasteiger partial charge < -0.3 is 5.11 Å². The van der Waals surface area contributed by atoms with Gasteiger partial charge in [-0.1, -0.05) is 19.9 Å². The Morgan fingerprint density at radius 2 is 1.67 bits per heavy atom. The van der Waals surface area contributed by atoms with Crippen molar-refractivity contribution in [2.24, 2.45) is 0 Å². The average molecular weight is 174 g/mol. The topological polar surface area (TPSA) is 20.2 Å². The Morgan fingerprint density at radius 3 is 2.08 bits per heavy atom. The number of phenolic OH excluding ortho intramolecular Hbond substituents is 1. The molecule has 1 nitrogen and oxygen atoms in total. The molecule has 0 aliphatic rings. The van der Waals surface area contributed by atoms with E-state index in [1.54, 1.807) is 0 Å². The molecule has 0 aromatic heterocycles. The first kappa shape index (κ1) is 10.9. The van der Waals surface area contributed by atoms with Gasteiger partial charge in [-0.15, -0.1) is 0 Å². The predicted octanol–water partition coefficient (Wildman–Crippen LogP) is 3.01. The summed E-state index contributed by atoms with van der Waals surface area (Å²) >= 11 is 0. The van der Waals surface area contributed by atoms with Crippen LogP contribution in [0.1, 0.15) is 19.4 Å². The molecule has 1 N–H and O–H groups in total. The van der Waals surface area contributed by atoms with Gasteiger partial charge >= 0.3 is 0 Å². The van der Waals surface area contributed by atoms with Crippen LogP contribution in [0.3, 0.4) is 0 Å². The lowest BCUT2D eigenvalue weighted by Gasteiger charge is -1.98. The van der Waals surface area contributed by atoms with Gasteiger partial charge in [0.2, 0.25) is 0 Å². The maximum Gasteiger partial charge on any atom is 0.188 e. The van der Waals surface area contributed by atoms with Crippen LogP contribution in [0, 0.1) is 18.6 Å². The van der Waals surface area contributed by atoms with Crippen molar-refractivity contribution in [1.82, 2.24) is 0 Å². The molecule has 1 rings (SSSR count). The highest BCUT2D eigenvalue weighted by Crippen LogP contribution is 2.21. The molecule has 0 heterocycles. The third kappa shape index (κ3) is 2.19.